The Bertz CT molecular complexity index is 795. The van der Waals surface area contributed by atoms with E-state index in [9.17, 15) is 13.6 Å². The van der Waals surface area contributed by atoms with Crippen LogP contribution >= 0.6 is 11.6 Å². The second-order valence-electron chi connectivity index (χ2n) is 6.29. The standard InChI is InChI=1S/C18H19ClF2N4O/c1-11(26)25-6-3-12(4-7-25)14-8-15(19)23-17(10-14)24-16-9-13(18(20)21)2-5-22-16/h2,5,8-10,12,18H,3-4,6-7H2,1H3,(H,22,23,24). The number of halogens is 3. The van der Waals surface area contributed by atoms with E-state index in [1.807, 2.05) is 17.0 Å². The quantitative estimate of drug-likeness (QED) is 0.791. The Hall–Kier alpha value is -2.28. The molecule has 0 unspecified atom stereocenters. The zero-order valence-electron chi connectivity index (χ0n) is 14.3. The van der Waals surface area contributed by atoms with E-state index < -0.39 is 6.43 Å². The van der Waals surface area contributed by atoms with Crippen LogP contribution in [-0.2, 0) is 4.79 Å². The van der Waals surface area contributed by atoms with E-state index in [0.29, 0.717) is 24.1 Å². The predicted molar refractivity (Wildman–Crippen MR) is 96.0 cm³/mol. The van der Waals surface area contributed by atoms with Crippen LogP contribution in [0.4, 0.5) is 20.4 Å². The predicted octanol–water partition coefficient (Wildman–Crippen LogP) is 4.54. The molecule has 3 heterocycles. The Morgan fingerprint density at radius 3 is 2.65 bits per heavy atom. The van der Waals surface area contributed by atoms with Gasteiger partial charge in [0.2, 0.25) is 5.91 Å². The number of amides is 1. The lowest BCUT2D eigenvalue weighted by Crippen LogP contribution is -2.36. The minimum Gasteiger partial charge on any atom is -0.343 e. The van der Waals surface area contributed by atoms with Crippen LogP contribution in [0.2, 0.25) is 5.15 Å². The molecule has 2 aromatic rings. The topological polar surface area (TPSA) is 58.1 Å². The summed E-state index contributed by atoms with van der Waals surface area (Å²) in [4.78, 5) is 21.5. The minimum atomic E-state index is -2.56. The molecule has 3 rings (SSSR count). The summed E-state index contributed by atoms with van der Waals surface area (Å²) < 4.78 is 25.7. The highest BCUT2D eigenvalue weighted by Crippen LogP contribution is 2.31. The normalized spacial score (nSPS) is 15.3. The van der Waals surface area contributed by atoms with E-state index >= 15 is 0 Å². The Kier molecular flexibility index (Phi) is 5.66. The molecule has 0 spiro atoms. The van der Waals surface area contributed by atoms with Crippen LogP contribution in [0.25, 0.3) is 0 Å². The van der Waals surface area contributed by atoms with Crippen LogP contribution in [0, 0.1) is 0 Å². The van der Waals surface area contributed by atoms with Crippen molar-refractivity contribution in [2.45, 2.75) is 32.1 Å². The Morgan fingerprint density at radius 1 is 1.27 bits per heavy atom. The summed E-state index contributed by atoms with van der Waals surface area (Å²) in [5.41, 5.74) is 0.905. The highest BCUT2D eigenvalue weighted by molar-refractivity contribution is 6.29. The van der Waals surface area contributed by atoms with Gasteiger partial charge in [0.25, 0.3) is 6.43 Å². The average molecular weight is 381 g/mol. The van der Waals surface area contributed by atoms with Gasteiger partial charge in [-0.3, -0.25) is 4.79 Å². The van der Waals surface area contributed by atoms with E-state index in [1.165, 1.54) is 18.3 Å². The number of rotatable bonds is 4. The van der Waals surface area contributed by atoms with E-state index in [4.69, 9.17) is 11.6 Å². The Balaban J connectivity index is 1.76. The summed E-state index contributed by atoms with van der Waals surface area (Å²) in [6, 6.07) is 6.23. The summed E-state index contributed by atoms with van der Waals surface area (Å²) >= 11 is 6.14. The summed E-state index contributed by atoms with van der Waals surface area (Å²) in [5, 5.41) is 3.27. The van der Waals surface area contributed by atoms with Gasteiger partial charge in [-0.15, -0.1) is 0 Å². The number of nitrogens with zero attached hydrogens (tertiary/aromatic N) is 3. The van der Waals surface area contributed by atoms with Crippen molar-refractivity contribution in [2.24, 2.45) is 0 Å². The van der Waals surface area contributed by atoms with Gasteiger partial charge in [-0.2, -0.15) is 0 Å². The molecular formula is C18H19ClF2N4O. The summed E-state index contributed by atoms with van der Waals surface area (Å²) in [6.45, 7) is 2.99. The molecule has 1 amide bonds. The highest BCUT2D eigenvalue weighted by Gasteiger charge is 2.22. The number of alkyl halides is 2. The van der Waals surface area contributed by atoms with Gasteiger partial charge < -0.3 is 10.2 Å². The zero-order chi connectivity index (χ0) is 18.7. The molecule has 0 aromatic carbocycles. The number of hydrogen-bond acceptors (Lipinski definition) is 4. The van der Waals surface area contributed by atoms with Gasteiger partial charge in [-0.05, 0) is 48.6 Å². The van der Waals surface area contributed by atoms with Gasteiger partial charge in [0.05, 0.1) is 0 Å². The number of piperidine rings is 1. The molecule has 0 radical (unpaired) electrons. The molecule has 0 atom stereocenters. The third-order valence-electron chi connectivity index (χ3n) is 4.52. The summed E-state index contributed by atoms with van der Waals surface area (Å²) in [5.74, 6) is 1.10. The van der Waals surface area contributed by atoms with Crippen LogP contribution < -0.4 is 5.32 Å². The smallest absolute Gasteiger partial charge is 0.264 e. The zero-order valence-corrected chi connectivity index (χ0v) is 15.0. The van der Waals surface area contributed by atoms with Gasteiger partial charge in [0, 0.05) is 31.8 Å². The van der Waals surface area contributed by atoms with Gasteiger partial charge in [-0.25, -0.2) is 18.7 Å². The SMILES string of the molecule is CC(=O)N1CCC(c2cc(Cl)nc(Nc3cc(C(F)F)ccn3)c2)CC1. The number of hydrogen-bond donors (Lipinski definition) is 1. The fourth-order valence-electron chi connectivity index (χ4n) is 3.13. The van der Waals surface area contributed by atoms with Crippen molar-refractivity contribution in [3.8, 4) is 0 Å². The number of pyridine rings is 2. The molecule has 1 saturated heterocycles. The fraction of sp³-hybridized carbons (Fsp3) is 0.389. The van der Waals surface area contributed by atoms with Crippen molar-refractivity contribution >= 4 is 29.1 Å². The first kappa shape index (κ1) is 18.5. The van der Waals surface area contributed by atoms with E-state index in [0.717, 1.165) is 18.4 Å². The first-order chi connectivity index (χ1) is 12.4. The Labute approximate surface area is 155 Å². The average Bonchev–Trinajstić information content (AvgIpc) is 2.61. The fourth-order valence-corrected chi connectivity index (χ4v) is 3.34. The second-order valence-corrected chi connectivity index (χ2v) is 6.68. The number of carbonyl (C=O) groups is 1. The van der Waals surface area contributed by atoms with Crippen LogP contribution in [0.3, 0.4) is 0 Å². The third-order valence-corrected chi connectivity index (χ3v) is 4.71. The minimum absolute atomic E-state index is 0.0866. The van der Waals surface area contributed by atoms with Crippen LogP contribution in [-0.4, -0.2) is 33.9 Å². The van der Waals surface area contributed by atoms with E-state index in [1.54, 1.807) is 6.92 Å². The molecule has 1 N–H and O–H groups in total. The lowest BCUT2D eigenvalue weighted by molar-refractivity contribution is -0.129. The molecule has 1 aliphatic heterocycles. The van der Waals surface area contributed by atoms with E-state index in [-0.39, 0.29) is 23.2 Å². The maximum absolute atomic E-state index is 12.8. The molecular weight excluding hydrogens is 362 g/mol. The largest absolute Gasteiger partial charge is 0.343 e. The monoisotopic (exact) mass is 380 g/mol. The second kappa shape index (κ2) is 7.95. The van der Waals surface area contributed by atoms with Crippen molar-refractivity contribution in [3.05, 3.63) is 46.7 Å². The van der Waals surface area contributed by atoms with Gasteiger partial charge >= 0.3 is 0 Å². The number of anilines is 2. The van der Waals surface area contributed by atoms with Crippen LogP contribution in [0.15, 0.2) is 30.5 Å². The third kappa shape index (κ3) is 4.46. The number of likely N-dealkylation sites (tertiary alicyclic amines) is 1. The Morgan fingerprint density at radius 2 is 2.00 bits per heavy atom. The number of carbonyl (C=O) groups excluding carboxylic acids is 1. The molecule has 8 heteroatoms. The molecule has 0 bridgehead atoms. The first-order valence-electron chi connectivity index (χ1n) is 8.36. The molecule has 26 heavy (non-hydrogen) atoms. The van der Waals surface area contributed by atoms with Gasteiger partial charge in [0.15, 0.2) is 0 Å². The van der Waals surface area contributed by atoms with Crippen molar-refractivity contribution in [2.75, 3.05) is 18.4 Å². The molecule has 138 valence electrons. The number of nitrogens with one attached hydrogen (secondary N) is 1. The van der Waals surface area contributed by atoms with Crippen molar-refractivity contribution in [1.29, 1.82) is 0 Å². The van der Waals surface area contributed by atoms with Crippen molar-refractivity contribution in [1.82, 2.24) is 14.9 Å². The summed E-state index contributed by atoms with van der Waals surface area (Å²) in [6.07, 6.45) is 0.455. The molecule has 0 saturated carbocycles. The maximum atomic E-state index is 12.8. The van der Waals surface area contributed by atoms with Crippen LogP contribution in [0.1, 0.15) is 43.2 Å². The molecule has 5 nitrogen and oxygen atoms in total. The summed E-state index contributed by atoms with van der Waals surface area (Å²) in [7, 11) is 0. The van der Waals surface area contributed by atoms with Crippen molar-refractivity contribution in [3.63, 3.8) is 0 Å². The number of aromatic nitrogens is 2. The maximum Gasteiger partial charge on any atom is 0.264 e. The van der Waals surface area contributed by atoms with Gasteiger partial charge in [-0.1, -0.05) is 11.6 Å². The molecule has 0 aliphatic carbocycles. The van der Waals surface area contributed by atoms with E-state index in [2.05, 4.69) is 15.3 Å². The molecule has 2 aromatic heterocycles. The first-order valence-corrected chi connectivity index (χ1v) is 8.74. The highest BCUT2D eigenvalue weighted by atomic mass is 35.5. The lowest BCUT2D eigenvalue weighted by Gasteiger charge is -2.31. The molecule has 1 aliphatic rings. The lowest BCUT2D eigenvalue weighted by atomic mass is 9.90. The van der Waals surface area contributed by atoms with Gasteiger partial charge in [0.1, 0.15) is 16.8 Å². The van der Waals surface area contributed by atoms with Crippen molar-refractivity contribution < 1.29 is 13.6 Å². The van der Waals surface area contributed by atoms with Crippen LogP contribution in [0.5, 0.6) is 0 Å². The molecule has 1 fully saturated rings.